The maximum absolute atomic E-state index is 12.1. The van der Waals surface area contributed by atoms with E-state index >= 15 is 0 Å². The van der Waals surface area contributed by atoms with Crippen molar-refractivity contribution < 1.29 is 9.90 Å². The number of anilines is 1. The van der Waals surface area contributed by atoms with Crippen LogP contribution in [0.1, 0.15) is 25.3 Å². The van der Waals surface area contributed by atoms with Crippen LogP contribution in [0.25, 0.3) is 0 Å². The Morgan fingerprint density at radius 3 is 3.00 bits per heavy atom. The van der Waals surface area contributed by atoms with Crippen molar-refractivity contribution in [2.45, 2.75) is 26.2 Å². The van der Waals surface area contributed by atoms with Crippen LogP contribution in [0.5, 0.6) is 0 Å². The van der Waals surface area contributed by atoms with Gasteiger partial charge in [0.1, 0.15) is 0 Å². The lowest BCUT2D eigenvalue weighted by Gasteiger charge is -2.33. The Balaban J connectivity index is 2.20. The third-order valence-corrected chi connectivity index (χ3v) is 3.19. The maximum Gasteiger partial charge on any atom is 0.227 e. The van der Waals surface area contributed by atoms with E-state index in [4.69, 9.17) is 5.11 Å². The van der Waals surface area contributed by atoms with Gasteiger partial charge in [-0.1, -0.05) is 25.1 Å². The first kappa shape index (κ1) is 12.1. The molecule has 3 nitrogen and oxygen atoms in total. The van der Waals surface area contributed by atoms with Gasteiger partial charge in [0.2, 0.25) is 5.91 Å². The van der Waals surface area contributed by atoms with Gasteiger partial charge in [-0.3, -0.25) is 4.79 Å². The summed E-state index contributed by atoms with van der Waals surface area (Å²) < 4.78 is 0. The number of nitrogens with zero attached hydrogens (tertiary/aromatic N) is 1. The van der Waals surface area contributed by atoms with Gasteiger partial charge in [0.05, 0.1) is 0 Å². The molecule has 3 heteroatoms. The SMILES string of the molecule is CC1Cc2ccccc2N(C(=O)CCCO)C1. The monoisotopic (exact) mass is 233 g/mol. The van der Waals surface area contributed by atoms with Crippen molar-refractivity contribution in [1.82, 2.24) is 0 Å². The summed E-state index contributed by atoms with van der Waals surface area (Å²) >= 11 is 0. The van der Waals surface area contributed by atoms with Crippen molar-refractivity contribution in [3.63, 3.8) is 0 Å². The number of carbonyl (C=O) groups excluding carboxylic acids is 1. The highest BCUT2D eigenvalue weighted by molar-refractivity contribution is 5.94. The number of para-hydroxylation sites is 1. The summed E-state index contributed by atoms with van der Waals surface area (Å²) in [7, 11) is 0. The number of hydrogen-bond donors (Lipinski definition) is 1. The number of carbonyl (C=O) groups is 1. The lowest BCUT2D eigenvalue weighted by molar-refractivity contribution is -0.119. The van der Waals surface area contributed by atoms with Gasteiger partial charge in [-0.2, -0.15) is 0 Å². The smallest absolute Gasteiger partial charge is 0.227 e. The Morgan fingerprint density at radius 1 is 1.47 bits per heavy atom. The number of benzene rings is 1. The highest BCUT2D eigenvalue weighted by Crippen LogP contribution is 2.29. The van der Waals surface area contributed by atoms with Gasteiger partial charge in [0.15, 0.2) is 0 Å². The van der Waals surface area contributed by atoms with Crippen LogP contribution in [0.15, 0.2) is 24.3 Å². The van der Waals surface area contributed by atoms with Gasteiger partial charge in [0, 0.05) is 25.3 Å². The van der Waals surface area contributed by atoms with E-state index in [0.29, 0.717) is 18.8 Å². The fourth-order valence-electron chi connectivity index (χ4n) is 2.40. The minimum atomic E-state index is 0.0801. The molecule has 0 saturated carbocycles. The van der Waals surface area contributed by atoms with Crippen molar-refractivity contribution in [3.8, 4) is 0 Å². The Labute approximate surface area is 102 Å². The zero-order valence-electron chi connectivity index (χ0n) is 10.2. The summed E-state index contributed by atoms with van der Waals surface area (Å²) in [5.41, 5.74) is 2.30. The van der Waals surface area contributed by atoms with E-state index in [2.05, 4.69) is 13.0 Å². The van der Waals surface area contributed by atoms with Crippen LogP contribution in [0.2, 0.25) is 0 Å². The molecule has 0 aromatic heterocycles. The second-order valence-corrected chi connectivity index (χ2v) is 4.77. The van der Waals surface area contributed by atoms with Crippen LogP contribution in [-0.2, 0) is 11.2 Å². The topological polar surface area (TPSA) is 40.5 Å². The van der Waals surface area contributed by atoms with E-state index in [0.717, 1.165) is 18.7 Å². The van der Waals surface area contributed by atoms with Gasteiger partial charge >= 0.3 is 0 Å². The minimum Gasteiger partial charge on any atom is -0.396 e. The first-order chi connectivity index (χ1) is 8.22. The molecule has 0 fully saturated rings. The zero-order chi connectivity index (χ0) is 12.3. The Bertz CT molecular complexity index is 403. The molecule has 1 aromatic rings. The quantitative estimate of drug-likeness (QED) is 0.867. The fourth-order valence-corrected chi connectivity index (χ4v) is 2.40. The number of aliphatic hydroxyl groups is 1. The molecule has 1 heterocycles. The third kappa shape index (κ3) is 2.67. The minimum absolute atomic E-state index is 0.0801. The molecule has 0 aliphatic carbocycles. The van der Waals surface area contributed by atoms with Crippen molar-refractivity contribution in [3.05, 3.63) is 29.8 Å². The van der Waals surface area contributed by atoms with Crippen LogP contribution in [-0.4, -0.2) is 24.2 Å². The van der Waals surface area contributed by atoms with Crippen LogP contribution < -0.4 is 4.90 Å². The number of aliphatic hydroxyl groups excluding tert-OH is 1. The standard InChI is InChI=1S/C14H19NO2/c1-11-9-12-5-2-3-6-13(12)15(10-11)14(17)7-4-8-16/h2-3,5-6,11,16H,4,7-10H2,1H3. The number of fused-ring (bicyclic) bond motifs is 1. The van der Waals surface area contributed by atoms with Gasteiger partial charge in [-0.05, 0) is 30.4 Å². The van der Waals surface area contributed by atoms with Gasteiger partial charge in [-0.15, -0.1) is 0 Å². The Kier molecular flexibility index (Phi) is 3.79. The molecule has 1 amide bonds. The largest absolute Gasteiger partial charge is 0.396 e. The van der Waals surface area contributed by atoms with Gasteiger partial charge in [-0.25, -0.2) is 0 Å². The zero-order valence-corrected chi connectivity index (χ0v) is 10.2. The van der Waals surface area contributed by atoms with Crippen LogP contribution >= 0.6 is 0 Å². The van der Waals surface area contributed by atoms with Crippen molar-refractivity contribution in [2.75, 3.05) is 18.1 Å². The molecule has 1 aliphatic heterocycles. The Hall–Kier alpha value is -1.35. The highest BCUT2D eigenvalue weighted by atomic mass is 16.3. The molecule has 17 heavy (non-hydrogen) atoms. The molecule has 2 rings (SSSR count). The number of hydrogen-bond acceptors (Lipinski definition) is 2. The van der Waals surface area contributed by atoms with E-state index in [1.807, 2.05) is 23.1 Å². The van der Waals surface area contributed by atoms with Crippen LogP contribution in [0.4, 0.5) is 5.69 Å². The van der Waals surface area contributed by atoms with E-state index in [9.17, 15) is 4.79 Å². The highest BCUT2D eigenvalue weighted by Gasteiger charge is 2.25. The normalized spacial score (nSPS) is 18.9. The van der Waals surface area contributed by atoms with Crippen molar-refractivity contribution in [2.24, 2.45) is 5.92 Å². The summed E-state index contributed by atoms with van der Waals surface area (Å²) in [4.78, 5) is 14.0. The van der Waals surface area contributed by atoms with Crippen LogP contribution in [0.3, 0.4) is 0 Å². The average Bonchev–Trinajstić information content (AvgIpc) is 2.34. The first-order valence-corrected chi connectivity index (χ1v) is 6.21. The van der Waals surface area contributed by atoms with Crippen molar-refractivity contribution in [1.29, 1.82) is 0 Å². The first-order valence-electron chi connectivity index (χ1n) is 6.21. The van der Waals surface area contributed by atoms with Gasteiger partial charge < -0.3 is 10.0 Å². The molecule has 0 bridgehead atoms. The molecular weight excluding hydrogens is 214 g/mol. The summed E-state index contributed by atoms with van der Waals surface area (Å²) in [5.74, 6) is 0.626. The summed E-state index contributed by atoms with van der Waals surface area (Å²) in [6, 6.07) is 8.10. The second kappa shape index (κ2) is 5.32. The predicted octanol–water partition coefficient (Wildman–Crippen LogP) is 1.98. The molecule has 1 atom stereocenters. The predicted molar refractivity (Wildman–Crippen MR) is 68.0 cm³/mol. The molecule has 1 unspecified atom stereocenters. The summed E-state index contributed by atoms with van der Waals surface area (Å²) in [5, 5.41) is 8.79. The fraction of sp³-hybridized carbons (Fsp3) is 0.500. The van der Waals surface area contributed by atoms with Gasteiger partial charge in [0.25, 0.3) is 0 Å². The molecular formula is C14H19NO2. The molecule has 1 N–H and O–H groups in total. The second-order valence-electron chi connectivity index (χ2n) is 4.77. The molecule has 0 radical (unpaired) electrons. The third-order valence-electron chi connectivity index (χ3n) is 3.19. The van der Waals surface area contributed by atoms with E-state index in [1.54, 1.807) is 0 Å². The molecule has 0 saturated heterocycles. The van der Waals surface area contributed by atoms with Crippen molar-refractivity contribution >= 4 is 11.6 Å². The number of rotatable bonds is 3. The summed E-state index contributed by atoms with van der Waals surface area (Å²) in [6.07, 6.45) is 2.02. The molecule has 0 spiro atoms. The summed E-state index contributed by atoms with van der Waals surface area (Å²) in [6.45, 7) is 3.04. The molecule has 92 valence electrons. The van der Waals surface area contributed by atoms with Crippen LogP contribution in [0, 0.1) is 5.92 Å². The van der Waals surface area contributed by atoms with E-state index in [-0.39, 0.29) is 12.5 Å². The average molecular weight is 233 g/mol. The molecule has 1 aliphatic rings. The lowest BCUT2D eigenvalue weighted by Crippen LogP contribution is -2.39. The molecule has 1 aromatic carbocycles. The maximum atomic E-state index is 12.1. The Morgan fingerprint density at radius 2 is 2.24 bits per heavy atom. The lowest BCUT2D eigenvalue weighted by atomic mass is 9.93. The van der Waals surface area contributed by atoms with E-state index < -0.39 is 0 Å². The van der Waals surface area contributed by atoms with E-state index in [1.165, 1.54) is 5.56 Å². The number of amides is 1.